The quantitative estimate of drug-likeness (QED) is 0.435. The van der Waals surface area contributed by atoms with Crippen molar-refractivity contribution in [3.63, 3.8) is 0 Å². The van der Waals surface area contributed by atoms with Crippen LogP contribution in [0, 0.1) is 19.8 Å². The molecule has 1 aliphatic heterocycles. The van der Waals surface area contributed by atoms with Crippen LogP contribution in [0.1, 0.15) is 34.0 Å². The van der Waals surface area contributed by atoms with Gasteiger partial charge in [0.2, 0.25) is 0 Å². The number of ether oxygens (including phenoxy) is 2. The number of carbonyl (C=O) groups is 2. The molecule has 0 amide bonds. The van der Waals surface area contributed by atoms with Gasteiger partial charge in [-0.1, -0.05) is 6.07 Å². The predicted octanol–water partition coefficient (Wildman–Crippen LogP) is 5.22. The molecular weight excluding hydrogens is 570 g/mol. The highest BCUT2D eigenvalue weighted by atomic mass is 32.1. The van der Waals surface area contributed by atoms with Crippen LogP contribution >= 0.6 is 11.3 Å². The summed E-state index contributed by atoms with van der Waals surface area (Å²) in [6, 6.07) is 11.1. The maximum atomic E-state index is 10.6. The third-order valence-electron chi connectivity index (χ3n) is 5.94. The van der Waals surface area contributed by atoms with E-state index in [1.807, 2.05) is 36.5 Å². The lowest BCUT2D eigenvalue weighted by molar-refractivity contribution is -0.193. The number of thiophene rings is 1. The second kappa shape index (κ2) is 14.8. The summed E-state index contributed by atoms with van der Waals surface area (Å²) in [4.78, 5) is 27.8. The molecule has 224 valence electrons. The normalized spacial score (nSPS) is 20.9. The summed E-state index contributed by atoms with van der Waals surface area (Å²) in [7, 11) is 0. The molecule has 3 unspecified atom stereocenters. The van der Waals surface area contributed by atoms with Gasteiger partial charge in [0.05, 0.1) is 31.6 Å². The van der Waals surface area contributed by atoms with Crippen molar-refractivity contribution in [3.8, 4) is 0 Å². The Morgan fingerprint density at radius 2 is 1.68 bits per heavy atom. The van der Waals surface area contributed by atoms with Gasteiger partial charge in [-0.05, 0) is 56.9 Å². The molecule has 3 heterocycles. The largest absolute Gasteiger partial charge is 0.490 e. The Bertz CT molecular complexity index is 1090. The molecule has 15 heteroatoms. The Morgan fingerprint density at radius 3 is 2.20 bits per heavy atom. The monoisotopic (exact) mass is 600 g/mol. The Kier molecular flexibility index (Phi) is 12.3. The van der Waals surface area contributed by atoms with Gasteiger partial charge in [-0.15, -0.1) is 11.3 Å². The number of aliphatic carboxylic acids is 2. The van der Waals surface area contributed by atoms with Gasteiger partial charge in [-0.2, -0.15) is 26.3 Å². The zero-order valence-electron chi connectivity index (χ0n) is 21.7. The van der Waals surface area contributed by atoms with Crippen LogP contribution in [-0.2, 0) is 32.2 Å². The Morgan fingerprint density at radius 1 is 1.05 bits per heavy atom. The van der Waals surface area contributed by atoms with Gasteiger partial charge in [0.25, 0.3) is 0 Å². The molecule has 2 N–H and O–H groups in total. The smallest absolute Gasteiger partial charge is 0.475 e. The van der Waals surface area contributed by atoms with E-state index in [9.17, 15) is 26.3 Å². The zero-order chi connectivity index (χ0) is 30.1. The number of alkyl halides is 6. The minimum Gasteiger partial charge on any atom is -0.475 e. The highest BCUT2D eigenvalue weighted by Gasteiger charge is 2.41. The van der Waals surface area contributed by atoms with Crippen molar-refractivity contribution in [3.05, 3.63) is 51.5 Å². The van der Waals surface area contributed by atoms with Crippen LogP contribution in [0.2, 0.25) is 0 Å². The van der Waals surface area contributed by atoms with Gasteiger partial charge in [-0.25, -0.2) is 9.59 Å². The predicted molar refractivity (Wildman–Crippen MR) is 132 cm³/mol. The third kappa shape index (κ3) is 11.4. The Balaban J connectivity index is 0.000000333. The number of carboxylic acids is 2. The van der Waals surface area contributed by atoms with Gasteiger partial charge in [0.15, 0.2) is 0 Å². The molecular formula is C25H30F6N2O6S. The number of halogens is 6. The number of pyridine rings is 1. The number of hydrogen-bond donors (Lipinski definition) is 2. The van der Waals surface area contributed by atoms with E-state index >= 15 is 0 Å². The second-order valence-corrected chi connectivity index (χ2v) is 10.6. The molecule has 2 aromatic rings. The van der Waals surface area contributed by atoms with Gasteiger partial charge in [0.1, 0.15) is 0 Å². The van der Waals surface area contributed by atoms with E-state index in [1.165, 1.54) is 16.2 Å². The molecule has 0 aromatic carbocycles. The van der Waals surface area contributed by atoms with Gasteiger partial charge in [0, 0.05) is 34.6 Å². The summed E-state index contributed by atoms with van der Waals surface area (Å²) < 4.78 is 75.5. The molecule has 4 rings (SSSR count). The number of morpholine rings is 1. The van der Waals surface area contributed by atoms with Crippen molar-refractivity contribution in [1.82, 2.24) is 9.88 Å². The van der Waals surface area contributed by atoms with Crippen LogP contribution < -0.4 is 0 Å². The summed E-state index contributed by atoms with van der Waals surface area (Å²) in [5, 5.41) is 14.2. The van der Waals surface area contributed by atoms with Crippen molar-refractivity contribution in [2.45, 2.75) is 64.3 Å². The molecule has 40 heavy (non-hydrogen) atoms. The molecule has 0 bridgehead atoms. The number of hydrogen-bond acceptors (Lipinski definition) is 7. The summed E-state index contributed by atoms with van der Waals surface area (Å²) in [6.07, 6.45) is -7.50. The lowest BCUT2D eigenvalue weighted by atomic mass is 10.1. The molecule has 2 fully saturated rings. The fourth-order valence-electron chi connectivity index (χ4n) is 4.24. The summed E-state index contributed by atoms with van der Waals surface area (Å²) in [5.74, 6) is -4.93. The third-order valence-corrected chi connectivity index (χ3v) is 6.92. The van der Waals surface area contributed by atoms with Crippen molar-refractivity contribution < 1.29 is 55.6 Å². The molecule has 8 nitrogen and oxygen atoms in total. The summed E-state index contributed by atoms with van der Waals surface area (Å²) in [5.41, 5.74) is 2.07. The van der Waals surface area contributed by atoms with Crippen molar-refractivity contribution >= 4 is 23.3 Å². The van der Waals surface area contributed by atoms with Gasteiger partial charge in [-0.3, -0.25) is 9.88 Å². The van der Waals surface area contributed by atoms with E-state index in [0.717, 1.165) is 44.1 Å². The topological polar surface area (TPSA) is 109 Å². The standard InChI is InChI=1S/C21H28N2O2S.2C2HF3O2/c1-15-4-3-5-18(22-15)14-24-13-17-10-20-21(11-17)25-9-8-23(20)12-19-7-6-16(2)26-19;2*3-2(4,5)1(6)7/h3-7,17,20-21H,8-14H2,1-2H3;2*(H,6,7). The average Bonchev–Trinajstić information content (AvgIpc) is 3.45. The van der Waals surface area contributed by atoms with Gasteiger partial charge < -0.3 is 19.7 Å². The van der Waals surface area contributed by atoms with Crippen LogP contribution in [0.4, 0.5) is 26.3 Å². The number of rotatable bonds is 6. The molecule has 1 saturated heterocycles. The highest BCUT2D eigenvalue weighted by molar-refractivity contribution is 7.11. The molecule has 2 aromatic heterocycles. The zero-order valence-corrected chi connectivity index (χ0v) is 22.5. The molecule has 0 radical (unpaired) electrons. The van der Waals surface area contributed by atoms with E-state index in [0.29, 0.717) is 24.7 Å². The maximum Gasteiger partial charge on any atom is 0.490 e. The van der Waals surface area contributed by atoms with Crippen molar-refractivity contribution in [1.29, 1.82) is 0 Å². The average molecular weight is 601 g/mol. The van der Waals surface area contributed by atoms with Crippen LogP contribution in [0.5, 0.6) is 0 Å². The highest BCUT2D eigenvalue weighted by Crippen LogP contribution is 2.35. The van der Waals surface area contributed by atoms with Crippen molar-refractivity contribution in [2.75, 3.05) is 19.8 Å². The fourth-order valence-corrected chi connectivity index (χ4v) is 5.15. The number of aromatic nitrogens is 1. The first-order valence-electron chi connectivity index (χ1n) is 12.1. The van der Waals surface area contributed by atoms with E-state index in [2.05, 4.69) is 28.9 Å². The van der Waals surface area contributed by atoms with Crippen LogP contribution in [0.15, 0.2) is 30.3 Å². The van der Waals surface area contributed by atoms with Crippen molar-refractivity contribution in [2.24, 2.45) is 5.92 Å². The maximum absolute atomic E-state index is 10.6. The number of aryl methyl sites for hydroxylation is 2. The SMILES string of the molecule is Cc1cccc(COCC2CC3OCCN(Cc4ccc(C)s4)C3C2)n1.O=C(O)C(F)(F)F.O=C(O)C(F)(F)F. The molecule has 1 aliphatic carbocycles. The Labute approximate surface area is 230 Å². The van der Waals surface area contributed by atoms with Gasteiger partial charge >= 0.3 is 24.3 Å². The lowest BCUT2D eigenvalue weighted by Crippen LogP contribution is -2.47. The minimum atomic E-state index is -5.08. The molecule has 2 aliphatic rings. The van der Waals surface area contributed by atoms with Crippen LogP contribution in [0.3, 0.4) is 0 Å². The second-order valence-electron chi connectivity index (χ2n) is 9.19. The first-order chi connectivity index (χ1) is 18.6. The van der Waals surface area contributed by atoms with E-state index in [-0.39, 0.29) is 0 Å². The number of nitrogens with zero attached hydrogens (tertiary/aromatic N) is 2. The first-order valence-corrected chi connectivity index (χ1v) is 12.9. The van der Waals surface area contributed by atoms with E-state index < -0.39 is 24.3 Å². The molecule has 1 saturated carbocycles. The molecule has 3 atom stereocenters. The summed E-state index contributed by atoms with van der Waals surface area (Å²) in [6.45, 7) is 8.56. The first kappa shape index (κ1) is 33.5. The lowest BCUT2D eigenvalue weighted by Gasteiger charge is -2.37. The Hall–Kier alpha value is -2.75. The minimum absolute atomic E-state index is 0.371. The van der Waals surface area contributed by atoms with Crippen LogP contribution in [-0.4, -0.2) is 76.3 Å². The van der Waals surface area contributed by atoms with E-state index in [1.54, 1.807) is 0 Å². The molecule has 0 spiro atoms. The number of carboxylic acid groups (broad SMARTS) is 2. The van der Waals surface area contributed by atoms with Crippen LogP contribution in [0.25, 0.3) is 0 Å². The number of fused-ring (bicyclic) bond motifs is 1. The fraction of sp³-hybridized carbons (Fsp3) is 0.560. The van der Waals surface area contributed by atoms with E-state index in [4.69, 9.17) is 29.3 Å². The summed E-state index contributed by atoms with van der Waals surface area (Å²) >= 11 is 1.91.